The van der Waals surface area contributed by atoms with Crippen molar-refractivity contribution in [3.05, 3.63) is 65.2 Å². The van der Waals surface area contributed by atoms with Gasteiger partial charge in [-0.3, -0.25) is 4.79 Å². The molecule has 0 aromatic heterocycles. The molecule has 120 valence electrons. The monoisotopic (exact) mass is 313 g/mol. The summed E-state index contributed by atoms with van der Waals surface area (Å²) in [5.74, 6) is 0.138. The van der Waals surface area contributed by atoms with E-state index in [2.05, 4.69) is 10.1 Å². The van der Waals surface area contributed by atoms with Crippen molar-refractivity contribution in [2.75, 3.05) is 20.3 Å². The SMILES string of the molecule is COC(=O)c1ccc(C(=O)NCCOc2cccc(C)c2)cc1. The van der Waals surface area contributed by atoms with Gasteiger partial charge in [-0.2, -0.15) is 0 Å². The first-order chi connectivity index (χ1) is 11.1. The number of amides is 1. The predicted molar refractivity (Wildman–Crippen MR) is 86.8 cm³/mol. The van der Waals surface area contributed by atoms with Gasteiger partial charge in [0.1, 0.15) is 12.4 Å². The normalized spacial score (nSPS) is 10.0. The van der Waals surface area contributed by atoms with Crippen LogP contribution in [0, 0.1) is 6.92 Å². The highest BCUT2D eigenvalue weighted by molar-refractivity contribution is 5.96. The summed E-state index contributed by atoms with van der Waals surface area (Å²) in [7, 11) is 1.32. The minimum Gasteiger partial charge on any atom is -0.492 e. The Morgan fingerprint density at radius 3 is 2.39 bits per heavy atom. The van der Waals surface area contributed by atoms with Crippen LogP contribution in [0.15, 0.2) is 48.5 Å². The van der Waals surface area contributed by atoms with E-state index in [9.17, 15) is 9.59 Å². The minimum atomic E-state index is -0.427. The number of hydrogen-bond acceptors (Lipinski definition) is 4. The molecule has 2 aromatic rings. The largest absolute Gasteiger partial charge is 0.492 e. The van der Waals surface area contributed by atoms with Crippen molar-refractivity contribution in [2.45, 2.75) is 6.92 Å². The molecule has 0 heterocycles. The summed E-state index contributed by atoms with van der Waals surface area (Å²) < 4.78 is 10.2. The van der Waals surface area contributed by atoms with Crippen LogP contribution < -0.4 is 10.1 Å². The number of nitrogens with one attached hydrogen (secondary N) is 1. The van der Waals surface area contributed by atoms with E-state index < -0.39 is 5.97 Å². The second kappa shape index (κ2) is 7.98. The first-order valence-corrected chi connectivity index (χ1v) is 7.26. The van der Waals surface area contributed by atoms with Gasteiger partial charge < -0.3 is 14.8 Å². The van der Waals surface area contributed by atoms with Crippen LogP contribution in [0.2, 0.25) is 0 Å². The lowest BCUT2D eigenvalue weighted by Crippen LogP contribution is -2.28. The van der Waals surface area contributed by atoms with E-state index in [0.717, 1.165) is 11.3 Å². The molecule has 0 atom stereocenters. The fourth-order valence-corrected chi connectivity index (χ4v) is 2.02. The van der Waals surface area contributed by atoms with Crippen LogP contribution >= 0.6 is 0 Å². The summed E-state index contributed by atoms with van der Waals surface area (Å²) in [6.07, 6.45) is 0. The Morgan fingerprint density at radius 1 is 1.04 bits per heavy atom. The van der Waals surface area contributed by atoms with Crippen molar-refractivity contribution in [3.8, 4) is 5.75 Å². The van der Waals surface area contributed by atoms with Gasteiger partial charge in [-0.05, 0) is 48.9 Å². The van der Waals surface area contributed by atoms with Gasteiger partial charge >= 0.3 is 5.97 Å². The number of ether oxygens (including phenoxy) is 2. The minimum absolute atomic E-state index is 0.214. The van der Waals surface area contributed by atoms with Crippen LogP contribution in [0.25, 0.3) is 0 Å². The average molecular weight is 313 g/mol. The Hall–Kier alpha value is -2.82. The third-order valence-electron chi connectivity index (χ3n) is 3.21. The molecule has 0 aliphatic rings. The predicted octanol–water partition coefficient (Wildman–Crippen LogP) is 2.59. The van der Waals surface area contributed by atoms with E-state index >= 15 is 0 Å². The Labute approximate surface area is 135 Å². The maximum atomic E-state index is 12.0. The average Bonchev–Trinajstić information content (AvgIpc) is 2.58. The van der Waals surface area contributed by atoms with Crippen molar-refractivity contribution in [3.63, 3.8) is 0 Å². The van der Waals surface area contributed by atoms with Gasteiger partial charge in [0.25, 0.3) is 5.91 Å². The molecular formula is C18H19NO4. The van der Waals surface area contributed by atoms with E-state index in [1.807, 2.05) is 31.2 Å². The van der Waals surface area contributed by atoms with E-state index in [1.54, 1.807) is 24.3 Å². The van der Waals surface area contributed by atoms with Crippen molar-refractivity contribution < 1.29 is 19.1 Å². The van der Waals surface area contributed by atoms with Crippen molar-refractivity contribution in [1.29, 1.82) is 0 Å². The highest BCUT2D eigenvalue weighted by Gasteiger charge is 2.08. The van der Waals surface area contributed by atoms with Gasteiger partial charge in [0.2, 0.25) is 0 Å². The highest BCUT2D eigenvalue weighted by atomic mass is 16.5. The number of methoxy groups -OCH3 is 1. The molecule has 2 rings (SSSR count). The van der Waals surface area contributed by atoms with Gasteiger partial charge in [-0.25, -0.2) is 4.79 Å². The molecule has 23 heavy (non-hydrogen) atoms. The van der Waals surface area contributed by atoms with Gasteiger partial charge in [0.15, 0.2) is 0 Å². The Morgan fingerprint density at radius 2 is 1.74 bits per heavy atom. The molecule has 0 aliphatic heterocycles. The number of benzene rings is 2. The van der Waals surface area contributed by atoms with E-state index in [-0.39, 0.29) is 5.91 Å². The molecule has 0 radical (unpaired) electrons. The molecule has 0 saturated heterocycles. The molecular weight excluding hydrogens is 294 g/mol. The second-order valence-electron chi connectivity index (χ2n) is 4.99. The molecule has 0 spiro atoms. The fourth-order valence-electron chi connectivity index (χ4n) is 2.02. The third kappa shape index (κ3) is 4.85. The summed E-state index contributed by atoms with van der Waals surface area (Å²) >= 11 is 0. The smallest absolute Gasteiger partial charge is 0.337 e. The lowest BCUT2D eigenvalue weighted by molar-refractivity contribution is 0.0600. The molecule has 0 aliphatic carbocycles. The lowest BCUT2D eigenvalue weighted by Gasteiger charge is -2.08. The molecule has 5 heteroatoms. The summed E-state index contributed by atoms with van der Waals surface area (Å²) in [5.41, 5.74) is 2.01. The zero-order valence-electron chi connectivity index (χ0n) is 13.2. The van der Waals surface area contributed by atoms with Crippen LogP contribution in [0.5, 0.6) is 5.75 Å². The Balaban J connectivity index is 1.79. The standard InChI is InChI=1S/C18H19NO4/c1-13-4-3-5-16(12-13)23-11-10-19-17(20)14-6-8-15(9-7-14)18(21)22-2/h3-9,12H,10-11H2,1-2H3,(H,19,20). The van der Waals surface area contributed by atoms with Crippen LogP contribution in [0.1, 0.15) is 26.3 Å². The van der Waals surface area contributed by atoms with Crippen molar-refractivity contribution in [1.82, 2.24) is 5.32 Å². The molecule has 5 nitrogen and oxygen atoms in total. The maximum absolute atomic E-state index is 12.0. The van der Waals surface area contributed by atoms with Gasteiger partial charge in [-0.15, -0.1) is 0 Å². The molecule has 0 unspecified atom stereocenters. The van der Waals surface area contributed by atoms with Gasteiger partial charge in [-0.1, -0.05) is 12.1 Å². The summed E-state index contributed by atoms with van der Waals surface area (Å²) in [5, 5.41) is 2.77. The highest BCUT2D eigenvalue weighted by Crippen LogP contribution is 2.11. The quantitative estimate of drug-likeness (QED) is 0.657. The molecule has 1 N–H and O–H groups in total. The van der Waals surface area contributed by atoms with Crippen molar-refractivity contribution in [2.24, 2.45) is 0 Å². The fraction of sp³-hybridized carbons (Fsp3) is 0.222. The van der Waals surface area contributed by atoms with Crippen LogP contribution in [0.4, 0.5) is 0 Å². The van der Waals surface area contributed by atoms with E-state index in [4.69, 9.17) is 4.74 Å². The van der Waals surface area contributed by atoms with Gasteiger partial charge in [0.05, 0.1) is 19.2 Å². The van der Waals surface area contributed by atoms with E-state index in [0.29, 0.717) is 24.3 Å². The topological polar surface area (TPSA) is 64.6 Å². The zero-order chi connectivity index (χ0) is 16.7. The Kier molecular flexibility index (Phi) is 5.74. The van der Waals surface area contributed by atoms with Crippen LogP contribution in [0.3, 0.4) is 0 Å². The molecule has 0 fully saturated rings. The lowest BCUT2D eigenvalue weighted by atomic mass is 10.1. The second-order valence-corrected chi connectivity index (χ2v) is 4.99. The number of esters is 1. The molecule has 2 aromatic carbocycles. The maximum Gasteiger partial charge on any atom is 0.337 e. The number of carbonyl (C=O) groups is 2. The first kappa shape index (κ1) is 16.5. The third-order valence-corrected chi connectivity index (χ3v) is 3.21. The van der Waals surface area contributed by atoms with Crippen LogP contribution in [-0.2, 0) is 4.74 Å². The molecule has 0 saturated carbocycles. The number of carbonyl (C=O) groups excluding carboxylic acids is 2. The first-order valence-electron chi connectivity index (χ1n) is 7.26. The summed E-state index contributed by atoms with van der Waals surface area (Å²) in [6.45, 7) is 2.77. The molecule has 0 bridgehead atoms. The summed E-state index contributed by atoms with van der Waals surface area (Å²) in [4.78, 5) is 23.3. The van der Waals surface area contributed by atoms with Crippen LogP contribution in [-0.4, -0.2) is 32.1 Å². The number of rotatable bonds is 6. The zero-order valence-corrected chi connectivity index (χ0v) is 13.2. The summed E-state index contributed by atoms with van der Waals surface area (Å²) in [6, 6.07) is 14.0. The number of aryl methyl sites for hydroxylation is 1. The molecule has 1 amide bonds. The number of hydrogen-bond donors (Lipinski definition) is 1. The van der Waals surface area contributed by atoms with E-state index in [1.165, 1.54) is 7.11 Å². The van der Waals surface area contributed by atoms with Crippen molar-refractivity contribution >= 4 is 11.9 Å². The Bertz CT molecular complexity index is 680. The van der Waals surface area contributed by atoms with Gasteiger partial charge in [0, 0.05) is 5.56 Å².